The average Bonchev–Trinajstić information content (AvgIpc) is 2.60. The van der Waals surface area contributed by atoms with Gasteiger partial charge in [-0.05, 0) is 28.9 Å². The van der Waals surface area contributed by atoms with Crippen LogP contribution < -0.4 is 10.6 Å². The number of para-hydroxylation sites is 1. The maximum absolute atomic E-state index is 10.7. The predicted molar refractivity (Wildman–Crippen MR) is 102 cm³/mol. The molecule has 2 nitrogen and oxygen atoms in total. The first-order valence-electron chi connectivity index (χ1n) is 8.04. The van der Waals surface area contributed by atoms with Gasteiger partial charge in [0.15, 0.2) is 0 Å². The molecule has 3 rings (SSSR count). The van der Waals surface area contributed by atoms with Crippen LogP contribution >= 0.6 is 8.58 Å². The normalized spacial score (nSPS) is 12.6. The fourth-order valence-electron chi connectivity index (χ4n) is 2.77. The Morgan fingerprint density at radius 2 is 1.50 bits per heavy atom. The Balaban J connectivity index is 1.89. The first-order valence-corrected chi connectivity index (χ1v) is 9.04. The molecule has 0 bridgehead atoms. The first-order chi connectivity index (χ1) is 11.6. The Kier molecular flexibility index (Phi) is 5.30. The second kappa shape index (κ2) is 7.61. The molecule has 0 aliphatic carbocycles. The molecular weight excluding hydrogens is 315 g/mol. The minimum absolute atomic E-state index is 0.314. The molecule has 3 heteroatoms. The maximum Gasteiger partial charge on any atom is 0.126 e. The van der Waals surface area contributed by atoms with Crippen LogP contribution in [0.15, 0.2) is 72.8 Å². The second-order valence-corrected chi connectivity index (χ2v) is 7.19. The van der Waals surface area contributed by atoms with Crippen molar-refractivity contribution in [3.8, 4) is 5.75 Å². The third kappa shape index (κ3) is 3.84. The van der Waals surface area contributed by atoms with Crippen molar-refractivity contribution < 1.29 is 10.2 Å². The largest absolute Gasteiger partial charge is 0.507 e. The van der Waals surface area contributed by atoms with Crippen molar-refractivity contribution in [3.05, 3.63) is 89.5 Å². The van der Waals surface area contributed by atoms with Gasteiger partial charge in [-0.15, -0.1) is 0 Å². The number of hydrogen-bond donors (Lipinski definition) is 2. The van der Waals surface area contributed by atoms with Crippen LogP contribution in [-0.2, 0) is 6.42 Å². The third-order valence-corrected chi connectivity index (χ3v) is 5.43. The Hall–Kier alpha value is -2.15. The van der Waals surface area contributed by atoms with Crippen LogP contribution in [0, 0.1) is 0 Å². The van der Waals surface area contributed by atoms with E-state index in [9.17, 15) is 10.2 Å². The van der Waals surface area contributed by atoms with Crippen molar-refractivity contribution in [1.82, 2.24) is 0 Å². The van der Waals surface area contributed by atoms with Crippen molar-refractivity contribution in [1.29, 1.82) is 0 Å². The minimum Gasteiger partial charge on any atom is -0.507 e. The number of phenols is 1. The Morgan fingerprint density at radius 1 is 0.833 bits per heavy atom. The predicted octanol–water partition coefficient (Wildman–Crippen LogP) is 3.67. The molecule has 2 atom stereocenters. The summed E-state index contributed by atoms with van der Waals surface area (Å²) in [7, 11) is 0.314. The fraction of sp³-hybridized carbons (Fsp3) is 0.143. The maximum atomic E-state index is 10.7. The van der Waals surface area contributed by atoms with E-state index in [2.05, 4.69) is 12.1 Å². The number of benzene rings is 3. The van der Waals surface area contributed by atoms with Gasteiger partial charge < -0.3 is 10.2 Å². The van der Waals surface area contributed by atoms with Gasteiger partial charge in [0, 0.05) is 11.7 Å². The quantitative estimate of drug-likeness (QED) is 0.698. The lowest BCUT2D eigenvalue weighted by atomic mass is 10.0. The Bertz CT molecular complexity index is 813. The van der Waals surface area contributed by atoms with Crippen LogP contribution in [0.2, 0.25) is 0 Å². The summed E-state index contributed by atoms with van der Waals surface area (Å²) in [6.07, 6.45) is 0.201. The van der Waals surface area contributed by atoms with Gasteiger partial charge in [0.1, 0.15) is 5.75 Å². The molecular formula is C21H21O2P. The highest BCUT2D eigenvalue weighted by molar-refractivity contribution is 7.55. The molecule has 24 heavy (non-hydrogen) atoms. The van der Waals surface area contributed by atoms with Crippen LogP contribution in [0.5, 0.6) is 5.75 Å². The summed E-state index contributed by atoms with van der Waals surface area (Å²) in [5.74, 6) is 0.361. The average molecular weight is 336 g/mol. The highest BCUT2D eigenvalue weighted by Crippen LogP contribution is 2.26. The van der Waals surface area contributed by atoms with Gasteiger partial charge in [-0.3, -0.25) is 0 Å². The van der Waals surface area contributed by atoms with Crippen LogP contribution in [0.25, 0.3) is 0 Å². The van der Waals surface area contributed by atoms with Crippen LogP contribution in [-0.4, -0.2) is 10.2 Å². The first kappa shape index (κ1) is 16.7. The lowest BCUT2D eigenvalue weighted by Crippen LogP contribution is -2.12. The zero-order valence-corrected chi connectivity index (χ0v) is 14.6. The SMILES string of the molecule is CC(O)c1ccccc1Pc1cccc(Cc2ccccc2)c1O. The highest BCUT2D eigenvalue weighted by Gasteiger charge is 2.12. The van der Waals surface area contributed by atoms with E-state index in [-0.39, 0.29) is 0 Å². The molecule has 0 aliphatic rings. The van der Waals surface area contributed by atoms with E-state index in [4.69, 9.17) is 0 Å². The summed E-state index contributed by atoms with van der Waals surface area (Å²) in [6, 6.07) is 23.9. The van der Waals surface area contributed by atoms with Crippen molar-refractivity contribution in [3.63, 3.8) is 0 Å². The van der Waals surface area contributed by atoms with Gasteiger partial charge in [0.2, 0.25) is 0 Å². The summed E-state index contributed by atoms with van der Waals surface area (Å²) >= 11 is 0. The summed E-state index contributed by atoms with van der Waals surface area (Å²) in [5.41, 5.74) is 3.03. The number of phenolic OH excluding ortho intramolecular Hbond substituents is 1. The number of aliphatic hydroxyl groups excluding tert-OH is 1. The Labute approximate surface area is 144 Å². The molecule has 0 amide bonds. The zero-order valence-electron chi connectivity index (χ0n) is 13.6. The third-order valence-electron chi connectivity index (χ3n) is 4.04. The van der Waals surface area contributed by atoms with E-state index in [1.165, 1.54) is 5.56 Å². The number of hydrogen-bond acceptors (Lipinski definition) is 2. The van der Waals surface area contributed by atoms with Crippen LogP contribution in [0.3, 0.4) is 0 Å². The van der Waals surface area contributed by atoms with Crippen molar-refractivity contribution in [2.75, 3.05) is 0 Å². The van der Waals surface area contributed by atoms with Gasteiger partial charge in [-0.1, -0.05) is 81.4 Å². The van der Waals surface area contributed by atoms with Crippen molar-refractivity contribution in [2.24, 2.45) is 0 Å². The van der Waals surface area contributed by atoms with E-state index in [1.54, 1.807) is 6.92 Å². The molecule has 0 saturated carbocycles. The summed E-state index contributed by atoms with van der Waals surface area (Å²) in [5, 5.41) is 22.6. The van der Waals surface area contributed by atoms with E-state index < -0.39 is 6.10 Å². The fourth-order valence-corrected chi connectivity index (χ4v) is 4.14. The minimum atomic E-state index is -0.511. The lowest BCUT2D eigenvalue weighted by Gasteiger charge is -2.14. The number of rotatable bonds is 5. The van der Waals surface area contributed by atoms with Gasteiger partial charge in [-0.2, -0.15) is 0 Å². The molecule has 122 valence electrons. The van der Waals surface area contributed by atoms with Gasteiger partial charge in [0.05, 0.1) is 6.10 Å². The molecule has 3 aromatic rings. The topological polar surface area (TPSA) is 40.5 Å². The standard InChI is InChI=1S/C21H21O2P/c1-15(22)18-11-5-6-12-19(18)24-20-13-7-10-17(21(20)23)14-16-8-3-2-4-9-16/h2-13,15,22-24H,14H2,1H3. The van der Waals surface area contributed by atoms with E-state index in [1.807, 2.05) is 60.7 Å². The molecule has 0 aromatic heterocycles. The van der Waals surface area contributed by atoms with Crippen LogP contribution in [0.4, 0.5) is 0 Å². The van der Waals surface area contributed by atoms with Crippen molar-refractivity contribution >= 4 is 19.2 Å². The molecule has 3 aromatic carbocycles. The monoisotopic (exact) mass is 336 g/mol. The smallest absolute Gasteiger partial charge is 0.126 e. The summed E-state index contributed by atoms with van der Waals surface area (Å²) < 4.78 is 0. The molecule has 0 heterocycles. The second-order valence-electron chi connectivity index (χ2n) is 5.86. The number of aromatic hydroxyl groups is 1. The molecule has 2 unspecified atom stereocenters. The molecule has 0 aliphatic heterocycles. The van der Waals surface area contributed by atoms with E-state index in [0.717, 1.165) is 21.7 Å². The summed E-state index contributed by atoms with van der Waals surface area (Å²) in [6.45, 7) is 1.77. The summed E-state index contributed by atoms with van der Waals surface area (Å²) in [4.78, 5) is 0. The van der Waals surface area contributed by atoms with Crippen molar-refractivity contribution in [2.45, 2.75) is 19.4 Å². The highest BCUT2D eigenvalue weighted by atomic mass is 31.1. The van der Waals surface area contributed by atoms with E-state index >= 15 is 0 Å². The molecule has 0 spiro atoms. The lowest BCUT2D eigenvalue weighted by molar-refractivity contribution is 0.200. The van der Waals surface area contributed by atoms with Gasteiger partial charge in [0.25, 0.3) is 0 Å². The van der Waals surface area contributed by atoms with Crippen LogP contribution in [0.1, 0.15) is 29.7 Å². The van der Waals surface area contributed by atoms with Gasteiger partial charge in [-0.25, -0.2) is 0 Å². The molecule has 0 fully saturated rings. The van der Waals surface area contributed by atoms with E-state index in [0.29, 0.717) is 20.8 Å². The molecule has 2 N–H and O–H groups in total. The molecule has 0 radical (unpaired) electrons. The Morgan fingerprint density at radius 3 is 2.25 bits per heavy atom. The number of aliphatic hydroxyl groups is 1. The van der Waals surface area contributed by atoms with Gasteiger partial charge >= 0.3 is 0 Å². The molecule has 0 saturated heterocycles. The zero-order chi connectivity index (χ0) is 16.9.